The Morgan fingerprint density at radius 2 is 0.594 bits per heavy atom. The van der Waals surface area contributed by atoms with Gasteiger partial charge in [0.05, 0.1) is 0 Å². The fraction of sp³-hybridized carbons (Fsp3) is 0.635. The van der Waals surface area contributed by atoms with Crippen LogP contribution in [0.4, 0.5) is 0 Å². The van der Waals surface area contributed by atoms with Crippen molar-refractivity contribution < 1.29 is 28.6 Å². The molecule has 1 atom stereocenters. The number of hydrogen-bond donors (Lipinski definition) is 0. The van der Waals surface area contributed by atoms with E-state index in [1.165, 1.54) is 83.5 Å². The van der Waals surface area contributed by atoms with E-state index in [0.29, 0.717) is 19.3 Å². The summed E-state index contributed by atoms with van der Waals surface area (Å²) >= 11 is 0. The monoisotopic (exact) mass is 955 g/mol. The summed E-state index contributed by atoms with van der Waals surface area (Å²) in [5.41, 5.74) is 0. The molecule has 0 aliphatic heterocycles. The summed E-state index contributed by atoms with van der Waals surface area (Å²) in [6.45, 7) is 6.23. The SMILES string of the molecule is CC/C=C/C=C/C=C/C=C/CCCCCC(=O)OCC(COC(=O)CCCCCCCCCCC/C=C/C/C=C/C/C=C/CC)OC(=O)CCCCCCCCCCC/C=C/C/C=C/C/C=C/CC. The molecular weight excluding hydrogens is 853 g/mol. The average molecular weight is 956 g/mol. The van der Waals surface area contributed by atoms with E-state index in [1.54, 1.807) is 0 Å². The highest BCUT2D eigenvalue weighted by atomic mass is 16.6. The van der Waals surface area contributed by atoms with E-state index in [2.05, 4.69) is 106 Å². The minimum atomic E-state index is -0.803. The van der Waals surface area contributed by atoms with E-state index in [-0.39, 0.29) is 31.1 Å². The summed E-state index contributed by atoms with van der Waals surface area (Å²) in [5, 5.41) is 0. The molecule has 0 bridgehead atoms. The van der Waals surface area contributed by atoms with Crippen LogP contribution in [-0.2, 0) is 28.6 Å². The molecule has 0 aromatic rings. The van der Waals surface area contributed by atoms with Gasteiger partial charge >= 0.3 is 17.9 Å². The van der Waals surface area contributed by atoms with E-state index in [9.17, 15) is 14.4 Å². The third-order valence-electron chi connectivity index (χ3n) is 11.5. The highest BCUT2D eigenvalue weighted by molar-refractivity contribution is 5.71. The zero-order valence-electron chi connectivity index (χ0n) is 44.5. The minimum absolute atomic E-state index is 0.0987. The quantitative estimate of drug-likeness (QED) is 0.0199. The predicted molar refractivity (Wildman–Crippen MR) is 297 cm³/mol. The first-order valence-corrected chi connectivity index (χ1v) is 28.1. The van der Waals surface area contributed by atoms with Crippen molar-refractivity contribution in [1.29, 1.82) is 0 Å². The van der Waals surface area contributed by atoms with Crippen LogP contribution in [-0.4, -0.2) is 37.2 Å². The summed E-state index contributed by atoms with van der Waals surface area (Å²) in [7, 11) is 0. The van der Waals surface area contributed by atoms with Gasteiger partial charge in [0.1, 0.15) is 13.2 Å². The van der Waals surface area contributed by atoms with Crippen LogP contribution in [0.5, 0.6) is 0 Å². The Morgan fingerprint density at radius 3 is 1.00 bits per heavy atom. The zero-order chi connectivity index (χ0) is 50.0. The van der Waals surface area contributed by atoms with Crippen LogP contribution >= 0.6 is 0 Å². The maximum absolute atomic E-state index is 12.9. The van der Waals surface area contributed by atoms with E-state index in [1.807, 2.05) is 36.5 Å². The normalized spacial score (nSPS) is 13.0. The van der Waals surface area contributed by atoms with Gasteiger partial charge in [0.15, 0.2) is 6.10 Å². The first-order valence-electron chi connectivity index (χ1n) is 28.1. The van der Waals surface area contributed by atoms with Gasteiger partial charge in [-0.15, -0.1) is 0 Å². The average Bonchev–Trinajstić information content (AvgIpc) is 3.35. The number of unbranched alkanes of at least 4 members (excludes halogenated alkanes) is 21. The van der Waals surface area contributed by atoms with Crippen molar-refractivity contribution in [2.45, 2.75) is 245 Å². The Kier molecular flexibility index (Phi) is 53.0. The third kappa shape index (κ3) is 54.6. The number of carbonyl (C=O) groups excluding carboxylic acids is 3. The van der Waals surface area contributed by atoms with Crippen LogP contribution < -0.4 is 0 Å². The molecule has 0 heterocycles. The lowest BCUT2D eigenvalue weighted by Crippen LogP contribution is -2.30. The second kappa shape index (κ2) is 56.4. The molecule has 0 N–H and O–H groups in total. The summed E-state index contributed by atoms with van der Waals surface area (Å²) in [5.74, 6) is -0.952. The van der Waals surface area contributed by atoms with Crippen molar-refractivity contribution >= 4 is 17.9 Å². The lowest BCUT2D eigenvalue weighted by atomic mass is 10.1. The van der Waals surface area contributed by atoms with Gasteiger partial charge in [-0.3, -0.25) is 14.4 Å². The fourth-order valence-corrected chi connectivity index (χ4v) is 7.42. The molecule has 0 saturated carbocycles. The van der Waals surface area contributed by atoms with Gasteiger partial charge < -0.3 is 14.2 Å². The van der Waals surface area contributed by atoms with Gasteiger partial charge in [-0.25, -0.2) is 0 Å². The number of rotatable bonds is 49. The standard InChI is InChI=1S/C63H102O6/c1-4-7-10-13-16-19-22-25-27-29-31-33-35-38-41-44-47-50-53-56-62(65)68-59-60(58-67-61(64)55-52-49-46-43-40-37-24-21-18-15-12-9-6-3)69-63(66)57-54-51-48-45-42-39-36-34-32-30-28-26-23-20-17-14-11-8-5-2/h7-12,15-21,24-28,37,40,60H,4-6,13-14,22-23,29-36,38-39,41-59H2,1-3H3/b10-7+,11-8+,12-9+,18-15+,19-16+,20-17+,24-21+,27-25+,28-26+,40-37+. The van der Waals surface area contributed by atoms with E-state index < -0.39 is 6.10 Å². The first kappa shape index (κ1) is 64.8. The van der Waals surface area contributed by atoms with Crippen molar-refractivity contribution in [2.24, 2.45) is 0 Å². The van der Waals surface area contributed by atoms with Crippen molar-refractivity contribution in [3.63, 3.8) is 0 Å². The van der Waals surface area contributed by atoms with Gasteiger partial charge in [0.25, 0.3) is 0 Å². The zero-order valence-corrected chi connectivity index (χ0v) is 44.5. The topological polar surface area (TPSA) is 78.9 Å². The van der Waals surface area contributed by atoms with Crippen LogP contribution in [0.15, 0.2) is 122 Å². The minimum Gasteiger partial charge on any atom is -0.462 e. The summed E-state index contributed by atoms with van der Waals surface area (Å²) in [4.78, 5) is 38.1. The van der Waals surface area contributed by atoms with Gasteiger partial charge in [0.2, 0.25) is 0 Å². The first-order chi connectivity index (χ1) is 34.0. The molecule has 0 aromatic carbocycles. The molecule has 0 aromatic heterocycles. The Bertz CT molecular complexity index is 1470. The molecular formula is C63H102O6. The molecule has 1 unspecified atom stereocenters. The largest absolute Gasteiger partial charge is 0.462 e. The highest BCUT2D eigenvalue weighted by Gasteiger charge is 2.19. The van der Waals surface area contributed by atoms with E-state index in [0.717, 1.165) is 116 Å². The van der Waals surface area contributed by atoms with Crippen LogP contribution in [0.3, 0.4) is 0 Å². The van der Waals surface area contributed by atoms with Crippen molar-refractivity contribution in [3.05, 3.63) is 122 Å². The van der Waals surface area contributed by atoms with Gasteiger partial charge in [-0.1, -0.05) is 239 Å². The predicted octanol–water partition coefficient (Wildman–Crippen LogP) is 18.9. The molecule has 0 aliphatic rings. The van der Waals surface area contributed by atoms with Gasteiger partial charge in [-0.2, -0.15) is 0 Å². The molecule has 6 nitrogen and oxygen atoms in total. The molecule has 0 spiro atoms. The maximum Gasteiger partial charge on any atom is 0.306 e. The molecule has 0 aliphatic carbocycles. The highest BCUT2D eigenvalue weighted by Crippen LogP contribution is 2.15. The summed E-state index contributed by atoms with van der Waals surface area (Å²) in [6, 6.07) is 0. The molecule has 0 fully saturated rings. The van der Waals surface area contributed by atoms with Crippen molar-refractivity contribution in [2.75, 3.05) is 13.2 Å². The van der Waals surface area contributed by atoms with Crippen LogP contribution in [0, 0.1) is 0 Å². The maximum atomic E-state index is 12.9. The molecule has 390 valence electrons. The molecule has 0 saturated heterocycles. The van der Waals surface area contributed by atoms with Crippen LogP contribution in [0.2, 0.25) is 0 Å². The Morgan fingerprint density at radius 1 is 0.304 bits per heavy atom. The van der Waals surface area contributed by atoms with E-state index >= 15 is 0 Å². The summed E-state index contributed by atoms with van der Waals surface area (Å²) in [6.07, 6.45) is 77.6. The Labute approximate surface area is 424 Å². The number of hydrogen-bond acceptors (Lipinski definition) is 6. The second-order valence-corrected chi connectivity index (χ2v) is 18.1. The van der Waals surface area contributed by atoms with E-state index in [4.69, 9.17) is 14.2 Å². The van der Waals surface area contributed by atoms with Crippen molar-refractivity contribution in [1.82, 2.24) is 0 Å². The molecule has 6 heteroatoms. The lowest BCUT2D eigenvalue weighted by Gasteiger charge is -2.18. The molecule has 0 amide bonds. The number of esters is 3. The summed E-state index contributed by atoms with van der Waals surface area (Å²) < 4.78 is 16.8. The van der Waals surface area contributed by atoms with Crippen LogP contribution in [0.25, 0.3) is 0 Å². The fourth-order valence-electron chi connectivity index (χ4n) is 7.42. The second-order valence-electron chi connectivity index (χ2n) is 18.1. The third-order valence-corrected chi connectivity index (χ3v) is 11.5. The lowest BCUT2D eigenvalue weighted by molar-refractivity contribution is -0.167. The van der Waals surface area contributed by atoms with Gasteiger partial charge in [0, 0.05) is 19.3 Å². The molecule has 0 radical (unpaired) electrons. The van der Waals surface area contributed by atoms with Crippen molar-refractivity contribution in [3.8, 4) is 0 Å². The van der Waals surface area contributed by atoms with Crippen LogP contribution in [0.1, 0.15) is 239 Å². The number of allylic oxidation sites excluding steroid dienone is 20. The molecule has 0 rings (SSSR count). The molecule has 69 heavy (non-hydrogen) atoms. The smallest absolute Gasteiger partial charge is 0.306 e. The Hall–Kier alpha value is -4.19. The Balaban J connectivity index is 4.43. The number of ether oxygens (including phenoxy) is 3. The van der Waals surface area contributed by atoms with Gasteiger partial charge in [-0.05, 0) is 103 Å². The number of carbonyl (C=O) groups is 3.